The number of benzene rings is 2. The highest BCUT2D eigenvalue weighted by Crippen LogP contribution is 2.30. The minimum atomic E-state index is 0.0871. The van der Waals surface area contributed by atoms with Crippen LogP contribution in [0.5, 0.6) is 11.5 Å². The highest BCUT2D eigenvalue weighted by atomic mass is 79.9. The van der Waals surface area contributed by atoms with Crippen molar-refractivity contribution in [3.05, 3.63) is 59.7 Å². The summed E-state index contributed by atoms with van der Waals surface area (Å²) in [6.45, 7) is 2.30. The van der Waals surface area contributed by atoms with E-state index in [1.54, 1.807) is 18.2 Å². The average Bonchev–Trinajstić information content (AvgIpc) is 2.54. The molecule has 0 spiro atoms. The van der Waals surface area contributed by atoms with Crippen molar-refractivity contribution < 1.29 is 14.3 Å². The Morgan fingerprint density at radius 1 is 1.05 bits per heavy atom. The molecule has 0 aliphatic rings. The van der Waals surface area contributed by atoms with Crippen LogP contribution in [-0.2, 0) is 6.61 Å². The summed E-state index contributed by atoms with van der Waals surface area (Å²) in [5.41, 5.74) is 2.06. The fraction of sp³-hybridized carbons (Fsp3) is 0.235. The minimum absolute atomic E-state index is 0.0871. The second kappa shape index (κ2) is 7.84. The molecule has 110 valence electrons. The van der Waals surface area contributed by atoms with Gasteiger partial charge < -0.3 is 9.47 Å². The lowest BCUT2D eigenvalue weighted by atomic mass is 10.1. The van der Waals surface area contributed by atoms with Gasteiger partial charge in [0.2, 0.25) is 0 Å². The molecule has 0 heterocycles. The number of carbonyl (C=O) groups is 1. The number of carbonyl (C=O) groups excluding carboxylic acids is 1. The highest BCUT2D eigenvalue weighted by molar-refractivity contribution is 9.09. The summed E-state index contributed by atoms with van der Waals surface area (Å²) in [6.07, 6.45) is 0.470. The Balaban J connectivity index is 2.16. The zero-order valence-electron chi connectivity index (χ0n) is 11.8. The van der Waals surface area contributed by atoms with E-state index in [0.29, 0.717) is 35.6 Å². The molecule has 3 nitrogen and oxygen atoms in total. The number of Topliss-reactive ketones (excluding diaryl/α,β-unsaturated/α-hetero) is 1. The molecule has 0 fully saturated rings. The third-order valence-electron chi connectivity index (χ3n) is 3.03. The maximum absolute atomic E-state index is 11.8. The van der Waals surface area contributed by atoms with Gasteiger partial charge in [0, 0.05) is 12.0 Å². The Bertz CT molecular complexity index is 596. The lowest BCUT2D eigenvalue weighted by molar-refractivity contribution is 0.0987. The van der Waals surface area contributed by atoms with Crippen LogP contribution in [0.1, 0.15) is 29.3 Å². The Morgan fingerprint density at radius 2 is 1.81 bits per heavy atom. The van der Waals surface area contributed by atoms with Crippen LogP contribution >= 0.6 is 15.9 Å². The number of hydrogen-bond donors (Lipinski definition) is 0. The van der Waals surface area contributed by atoms with Crippen molar-refractivity contribution in [3.63, 3.8) is 0 Å². The molecule has 0 unspecified atom stereocenters. The number of halogens is 1. The van der Waals surface area contributed by atoms with Crippen molar-refractivity contribution in [3.8, 4) is 11.5 Å². The molecule has 0 aliphatic carbocycles. The van der Waals surface area contributed by atoms with Crippen LogP contribution in [0.4, 0.5) is 0 Å². The number of hydrogen-bond acceptors (Lipinski definition) is 3. The molecule has 0 radical (unpaired) electrons. The van der Waals surface area contributed by atoms with Gasteiger partial charge in [-0.1, -0.05) is 37.3 Å². The average molecular weight is 349 g/mol. The van der Waals surface area contributed by atoms with E-state index < -0.39 is 0 Å². The van der Waals surface area contributed by atoms with E-state index in [1.165, 1.54) is 0 Å². The van der Waals surface area contributed by atoms with Crippen molar-refractivity contribution in [2.45, 2.75) is 20.0 Å². The molecule has 2 aromatic carbocycles. The molecule has 21 heavy (non-hydrogen) atoms. The molecular weight excluding hydrogens is 332 g/mol. The molecule has 0 bridgehead atoms. The van der Waals surface area contributed by atoms with Gasteiger partial charge in [-0.3, -0.25) is 4.79 Å². The molecule has 0 atom stereocenters. The van der Waals surface area contributed by atoms with Gasteiger partial charge in [0.15, 0.2) is 17.3 Å². The van der Waals surface area contributed by atoms with E-state index in [9.17, 15) is 4.79 Å². The van der Waals surface area contributed by atoms with Gasteiger partial charge in [-0.15, -0.1) is 0 Å². The van der Waals surface area contributed by atoms with Gasteiger partial charge in [-0.05, 0) is 39.7 Å². The summed E-state index contributed by atoms with van der Waals surface area (Å²) in [6, 6.07) is 15.2. The topological polar surface area (TPSA) is 35.5 Å². The SMILES string of the molecule is CCC(=O)c1ccc(OCc2ccccc2)c(OCBr)c1. The standard InChI is InChI=1S/C17H17BrO3/c1-2-15(19)14-8-9-16(17(10-14)21-12-18)20-11-13-6-4-3-5-7-13/h3-10H,2,11-12H2,1H3. The summed E-state index contributed by atoms with van der Waals surface area (Å²) in [5, 5.41) is 0. The summed E-state index contributed by atoms with van der Waals surface area (Å²) >= 11 is 3.23. The molecule has 0 aliphatic heterocycles. The molecule has 4 heteroatoms. The predicted molar refractivity (Wildman–Crippen MR) is 86.3 cm³/mol. The first kappa shape index (κ1) is 15.6. The van der Waals surface area contributed by atoms with E-state index >= 15 is 0 Å². The molecule has 0 saturated heterocycles. The fourth-order valence-corrected chi connectivity index (χ4v) is 2.16. The quantitative estimate of drug-likeness (QED) is 0.542. The van der Waals surface area contributed by atoms with Crippen LogP contribution in [0, 0.1) is 0 Å². The largest absolute Gasteiger partial charge is 0.485 e. The number of ketones is 1. The van der Waals surface area contributed by atoms with E-state index in [1.807, 2.05) is 37.3 Å². The first-order valence-electron chi connectivity index (χ1n) is 6.77. The van der Waals surface area contributed by atoms with Crippen LogP contribution in [-0.4, -0.2) is 11.3 Å². The summed E-state index contributed by atoms with van der Waals surface area (Å²) in [4.78, 5) is 11.8. The van der Waals surface area contributed by atoms with E-state index in [4.69, 9.17) is 9.47 Å². The maximum Gasteiger partial charge on any atom is 0.163 e. The van der Waals surface area contributed by atoms with Crippen molar-refractivity contribution in [1.29, 1.82) is 0 Å². The summed E-state index contributed by atoms with van der Waals surface area (Å²) in [5.74, 6) is 1.29. The van der Waals surface area contributed by atoms with Crippen molar-refractivity contribution in [2.24, 2.45) is 0 Å². The van der Waals surface area contributed by atoms with Gasteiger partial charge in [0.1, 0.15) is 12.1 Å². The van der Waals surface area contributed by atoms with Crippen molar-refractivity contribution in [2.75, 3.05) is 5.52 Å². The van der Waals surface area contributed by atoms with Crippen LogP contribution in [0.15, 0.2) is 48.5 Å². The van der Waals surface area contributed by atoms with Gasteiger partial charge in [-0.25, -0.2) is 0 Å². The van der Waals surface area contributed by atoms with Crippen LogP contribution < -0.4 is 9.47 Å². The Morgan fingerprint density at radius 3 is 2.48 bits per heavy atom. The zero-order chi connectivity index (χ0) is 15.1. The summed E-state index contributed by atoms with van der Waals surface area (Å²) in [7, 11) is 0. The predicted octanol–water partition coefficient (Wildman–Crippen LogP) is 4.59. The number of rotatable bonds is 7. The van der Waals surface area contributed by atoms with E-state index in [0.717, 1.165) is 5.56 Å². The van der Waals surface area contributed by atoms with Crippen LogP contribution in [0.2, 0.25) is 0 Å². The Labute approximate surface area is 133 Å². The number of alkyl halides is 1. The third kappa shape index (κ3) is 4.33. The van der Waals surface area contributed by atoms with Crippen molar-refractivity contribution in [1.82, 2.24) is 0 Å². The molecule has 0 N–H and O–H groups in total. The molecule has 0 aromatic heterocycles. The van der Waals surface area contributed by atoms with Gasteiger partial charge >= 0.3 is 0 Å². The van der Waals surface area contributed by atoms with Gasteiger partial charge in [0.25, 0.3) is 0 Å². The monoisotopic (exact) mass is 348 g/mol. The molecule has 0 saturated carbocycles. The molecule has 2 aromatic rings. The van der Waals surface area contributed by atoms with E-state index in [2.05, 4.69) is 15.9 Å². The van der Waals surface area contributed by atoms with Gasteiger partial charge in [-0.2, -0.15) is 0 Å². The second-order valence-electron chi connectivity index (χ2n) is 4.47. The van der Waals surface area contributed by atoms with E-state index in [-0.39, 0.29) is 5.78 Å². The third-order valence-corrected chi connectivity index (χ3v) is 3.26. The second-order valence-corrected chi connectivity index (χ2v) is 4.92. The fourth-order valence-electron chi connectivity index (χ4n) is 1.91. The molecule has 2 rings (SSSR count). The normalized spacial score (nSPS) is 10.2. The van der Waals surface area contributed by atoms with Crippen LogP contribution in [0.3, 0.4) is 0 Å². The Hall–Kier alpha value is -1.81. The highest BCUT2D eigenvalue weighted by Gasteiger charge is 2.10. The van der Waals surface area contributed by atoms with Crippen LogP contribution in [0.25, 0.3) is 0 Å². The Kier molecular flexibility index (Phi) is 5.81. The first-order chi connectivity index (χ1) is 10.2. The number of ether oxygens (including phenoxy) is 2. The lowest BCUT2D eigenvalue weighted by Gasteiger charge is -2.12. The smallest absolute Gasteiger partial charge is 0.163 e. The van der Waals surface area contributed by atoms with Crippen molar-refractivity contribution >= 4 is 21.7 Å². The maximum atomic E-state index is 11.8. The summed E-state index contributed by atoms with van der Waals surface area (Å²) < 4.78 is 11.3. The van der Waals surface area contributed by atoms with Gasteiger partial charge in [0.05, 0.1) is 0 Å². The lowest BCUT2D eigenvalue weighted by Crippen LogP contribution is -2.02. The molecule has 0 amide bonds. The minimum Gasteiger partial charge on any atom is -0.485 e. The first-order valence-corrected chi connectivity index (χ1v) is 7.89. The zero-order valence-corrected chi connectivity index (χ0v) is 13.4. The molecular formula is C17H17BrO3.